The Labute approximate surface area is 156 Å². The van der Waals surface area contributed by atoms with Crippen LogP contribution in [0.1, 0.15) is 39.0 Å². The van der Waals surface area contributed by atoms with E-state index in [-0.39, 0.29) is 12.3 Å². The molecule has 0 bridgehead atoms. The molecule has 1 aromatic rings. The molecular formula is C21H30N2O3. The Bertz CT molecular complexity index is 603. The van der Waals surface area contributed by atoms with E-state index in [0.717, 1.165) is 50.2 Å². The second kappa shape index (κ2) is 9.64. The van der Waals surface area contributed by atoms with Crippen LogP contribution in [-0.4, -0.2) is 30.5 Å². The molecule has 1 fully saturated rings. The number of hydroxylamine groups is 2. The molecule has 2 heterocycles. The average Bonchev–Trinajstić information content (AvgIpc) is 3.05. The van der Waals surface area contributed by atoms with Gasteiger partial charge in [0.1, 0.15) is 24.3 Å². The molecule has 1 saturated heterocycles. The van der Waals surface area contributed by atoms with E-state index in [4.69, 9.17) is 20.0 Å². The maximum Gasteiger partial charge on any atom is 0.144 e. The number of rotatable bonds is 8. The van der Waals surface area contributed by atoms with E-state index >= 15 is 0 Å². The van der Waals surface area contributed by atoms with Crippen LogP contribution < -0.4 is 10.5 Å². The second-order valence-corrected chi connectivity index (χ2v) is 6.98. The molecule has 2 N–H and O–H groups in total. The van der Waals surface area contributed by atoms with Crippen LogP contribution in [0.25, 0.3) is 0 Å². The molecule has 26 heavy (non-hydrogen) atoms. The first-order chi connectivity index (χ1) is 12.8. The fraction of sp³-hybridized carbons (Fsp3) is 0.524. The van der Waals surface area contributed by atoms with Crippen LogP contribution >= 0.6 is 0 Å². The van der Waals surface area contributed by atoms with Crippen LogP contribution in [0.15, 0.2) is 54.4 Å². The van der Waals surface area contributed by atoms with Gasteiger partial charge in [-0.3, -0.25) is 0 Å². The molecule has 5 nitrogen and oxygen atoms in total. The molecule has 0 radical (unpaired) electrons. The van der Waals surface area contributed by atoms with Crippen LogP contribution in [0, 0.1) is 5.92 Å². The van der Waals surface area contributed by atoms with E-state index in [9.17, 15) is 0 Å². The molecular weight excluding hydrogens is 328 g/mol. The summed E-state index contributed by atoms with van der Waals surface area (Å²) in [4.78, 5) is 6.08. The van der Waals surface area contributed by atoms with Crippen molar-refractivity contribution < 1.29 is 14.3 Å². The maximum atomic E-state index is 6.25. The SMILES string of the molecule is CC1CC(N2CCC=C(CCC/C=C/N)O2)OC1COc1ccccc1. The van der Waals surface area contributed by atoms with E-state index in [1.54, 1.807) is 6.20 Å². The predicted molar refractivity (Wildman–Crippen MR) is 102 cm³/mol. The Kier molecular flexibility index (Phi) is 6.97. The second-order valence-electron chi connectivity index (χ2n) is 6.98. The van der Waals surface area contributed by atoms with Gasteiger partial charge in [-0.05, 0) is 56.0 Å². The molecule has 5 heteroatoms. The summed E-state index contributed by atoms with van der Waals surface area (Å²) in [5.41, 5.74) is 5.38. The normalized spacial score (nSPS) is 26.7. The van der Waals surface area contributed by atoms with E-state index < -0.39 is 0 Å². The zero-order chi connectivity index (χ0) is 18.2. The maximum absolute atomic E-state index is 6.25. The highest BCUT2D eigenvalue weighted by atomic mass is 16.7. The fourth-order valence-corrected chi connectivity index (χ4v) is 3.37. The van der Waals surface area contributed by atoms with Crippen molar-refractivity contribution in [2.75, 3.05) is 13.2 Å². The lowest BCUT2D eigenvalue weighted by molar-refractivity contribution is -0.231. The summed E-state index contributed by atoms with van der Waals surface area (Å²) in [7, 11) is 0. The summed E-state index contributed by atoms with van der Waals surface area (Å²) < 4.78 is 12.1. The van der Waals surface area contributed by atoms with E-state index in [1.807, 2.05) is 41.5 Å². The molecule has 0 aromatic heterocycles. The first-order valence-electron chi connectivity index (χ1n) is 9.60. The summed E-state index contributed by atoms with van der Waals surface area (Å²) >= 11 is 0. The molecule has 2 aliphatic rings. The van der Waals surface area contributed by atoms with Gasteiger partial charge >= 0.3 is 0 Å². The first-order valence-corrected chi connectivity index (χ1v) is 9.60. The zero-order valence-electron chi connectivity index (χ0n) is 15.5. The topological polar surface area (TPSA) is 57.0 Å². The van der Waals surface area contributed by atoms with Gasteiger partial charge in [0.25, 0.3) is 0 Å². The zero-order valence-corrected chi connectivity index (χ0v) is 15.5. The molecule has 3 atom stereocenters. The van der Waals surface area contributed by atoms with Crippen molar-refractivity contribution in [3.63, 3.8) is 0 Å². The van der Waals surface area contributed by atoms with Gasteiger partial charge in [-0.2, -0.15) is 0 Å². The minimum absolute atomic E-state index is 0.00186. The predicted octanol–water partition coefficient (Wildman–Crippen LogP) is 3.98. The van der Waals surface area contributed by atoms with Crippen molar-refractivity contribution in [1.82, 2.24) is 5.06 Å². The number of nitrogens with two attached hydrogens (primary N) is 1. The highest BCUT2D eigenvalue weighted by Gasteiger charge is 2.37. The van der Waals surface area contributed by atoms with Crippen molar-refractivity contribution in [2.24, 2.45) is 11.7 Å². The lowest BCUT2D eigenvalue weighted by Gasteiger charge is -2.31. The Morgan fingerprint density at radius 3 is 2.96 bits per heavy atom. The number of nitrogens with zero attached hydrogens (tertiary/aromatic N) is 1. The third-order valence-electron chi connectivity index (χ3n) is 4.90. The number of unbranched alkanes of at least 4 members (excludes halogenated alkanes) is 1. The highest BCUT2D eigenvalue weighted by Crippen LogP contribution is 2.31. The van der Waals surface area contributed by atoms with Crippen LogP contribution in [0.2, 0.25) is 0 Å². The fourth-order valence-electron chi connectivity index (χ4n) is 3.37. The van der Waals surface area contributed by atoms with Gasteiger partial charge in [0.2, 0.25) is 0 Å². The Morgan fingerprint density at radius 1 is 1.31 bits per heavy atom. The molecule has 0 saturated carbocycles. The highest BCUT2D eigenvalue weighted by molar-refractivity contribution is 5.20. The van der Waals surface area contributed by atoms with Gasteiger partial charge in [-0.25, -0.2) is 0 Å². The van der Waals surface area contributed by atoms with Crippen LogP contribution in [0.5, 0.6) is 5.75 Å². The first kappa shape index (κ1) is 18.8. The average molecular weight is 358 g/mol. The molecule has 2 aliphatic heterocycles. The van der Waals surface area contributed by atoms with Gasteiger partial charge in [0.15, 0.2) is 0 Å². The summed E-state index contributed by atoms with van der Waals surface area (Å²) in [5, 5.41) is 2.01. The Morgan fingerprint density at radius 2 is 2.15 bits per heavy atom. The van der Waals surface area contributed by atoms with Crippen LogP contribution in [0.3, 0.4) is 0 Å². The molecule has 1 aromatic carbocycles. The van der Waals surface area contributed by atoms with Crippen LogP contribution in [0.4, 0.5) is 0 Å². The minimum Gasteiger partial charge on any atom is -0.491 e. The molecule has 3 unspecified atom stereocenters. The molecule has 0 aliphatic carbocycles. The van der Waals surface area contributed by atoms with E-state index in [1.165, 1.54) is 0 Å². The van der Waals surface area contributed by atoms with E-state index in [0.29, 0.717) is 12.5 Å². The van der Waals surface area contributed by atoms with Crippen molar-refractivity contribution in [3.05, 3.63) is 54.4 Å². The summed E-state index contributed by atoms with van der Waals surface area (Å²) in [5.74, 6) is 2.37. The van der Waals surface area contributed by atoms with Gasteiger partial charge < -0.3 is 20.0 Å². The number of allylic oxidation sites excluding steroid dienone is 2. The molecule has 3 rings (SSSR count). The van der Waals surface area contributed by atoms with Crippen molar-refractivity contribution in [2.45, 2.75) is 51.4 Å². The van der Waals surface area contributed by atoms with Crippen molar-refractivity contribution >= 4 is 0 Å². The molecule has 0 amide bonds. The monoisotopic (exact) mass is 358 g/mol. The summed E-state index contributed by atoms with van der Waals surface area (Å²) in [6.45, 7) is 3.67. The van der Waals surface area contributed by atoms with Gasteiger partial charge in [-0.1, -0.05) is 31.2 Å². The largest absolute Gasteiger partial charge is 0.491 e. The number of hydrogen-bond donors (Lipinski definition) is 1. The summed E-state index contributed by atoms with van der Waals surface area (Å²) in [6.07, 6.45) is 10.8. The van der Waals surface area contributed by atoms with E-state index in [2.05, 4.69) is 13.0 Å². The summed E-state index contributed by atoms with van der Waals surface area (Å²) in [6, 6.07) is 9.90. The van der Waals surface area contributed by atoms with Crippen molar-refractivity contribution in [1.29, 1.82) is 0 Å². The standard InChI is InChI=1S/C21H30N2O3/c1-17-15-21(25-20(17)16-24-18-9-4-2-5-10-18)23-14-8-12-19(26-23)11-6-3-7-13-22/h2,4-5,7,9-10,12-13,17,20-21H,3,6,8,11,14-16,22H2,1H3/b13-7+. The number of benzene rings is 1. The Hall–Kier alpha value is -1.98. The third-order valence-corrected chi connectivity index (χ3v) is 4.90. The number of hydrogen-bond acceptors (Lipinski definition) is 5. The molecule has 142 valence electrons. The number of ether oxygens (including phenoxy) is 2. The smallest absolute Gasteiger partial charge is 0.144 e. The minimum atomic E-state index is 0.00186. The quantitative estimate of drug-likeness (QED) is 0.712. The van der Waals surface area contributed by atoms with Gasteiger partial charge in [0, 0.05) is 13.0 Å². The third kappa shape index (κ3) is 5.26. The Balaban J connectivity index is 1.45. The lowest BCUT2D eigenvalue weighted by Crippen LogP contribution is -2.38. The van der Waals surface area contributed by atoms with Gasteiger partial charge in [-0.15, -0.1) is 5.06 Å². The van der Waals surface area contributed by atoms with Crippen molar-refractivity contribution in [3.8, 4) is 5.75 Å². The molecule has 0 spiro atoms. The van der Waals surface area contributed by atoms with Gasteiger partial charge in [0.05, 0.1) is 6.10 Å². The van der Waals surface area contributed by atoms with Crippen LogP contribution in [-0.2, 0) is 9.57 Å². The lowest BCUT2D eigenvalue weighted by atomic mass is 10.0. The number of para-hydroxylation sites is 1.